The van der Waals surface area contributed by atoms with Crippen LogP contribution in [0.25, 0.3) is 0 Å². The fourth-order valence-corrected chi connectivity index (χ4v) is 3.09. The highest BCUT2D eigenvalue weighted by Gasteiger charge is 2.20. The quantitative estimate of drug-likeness (QED) is 0.921. The number of methoxy groups -OCH3 is 1. The predicted octanol–water partition coefficient (Wildman–Crippen LogP) is 3.06. The van der Waals surface area contributed by atoms with E-state index in [-0.39, 0.29) is 0 Å². The molecule has 0 radical (unpaired) electrons. The van der Waals surface area contributed by atoms with Gasteiger partial charge in [-0.25, -0.2) is 4.98 Å². The van der Waals surface area contributed by atoms with E-state index in [1.807, 2.05) is 12.1 Å². The van der Waals surface area contributed by atoms with Crippen molar-refractivity contribution in [2.45, 2.75) is 18.9 Å². The van der Waals surface area contributed by atoms with Gasteiger partial charge in [-0.2, -0.15) is 0 Å². The summed E-state index contributed by atoms with van der Waals surface area (Å²) >= 11 is 3.51. The van der Waals surface area contributed by atoms with Crippen LogP contribution < -0.4 is 9.47 Å². The Morgan fingerprint density at radius 3 is 3.00 bits per heavy atom. The molecule has 1 aromatic heterocycles. The van der Waals surface area contributed by atoms with Crippen molar-refractivity contribution >= 4 is 15.9 Å². The van der Waals surface area contributed by atoms with Gasteiger partial charge in [-0.05, 0) is 34.9 Å². The number of ether oxygens (including phenoxy) is 2. The first-order chi connectivity index (χ1) is 10.2. The minimum absolute atomic E-state index is 0.496. The van der Waals surface area contributed by atoms with Gasteiger partial charge in [0.05, 0.1) is 19.8 Å². The SMILES string of the molecule is COc1ccc(C(O)Cc2cc(Br)cc3c2OCC3)cn1. The molecule has 0 aliphatic carbocycles. The summed E-state index contributed by atoms with van der Waals surface area (Å²) in [5.74, 6) is 1.45. The van der Waals surface area contributed by atoms with E-state index in [1.54, 1.807) is 19.4 Å². The molecule has 4 nitrogen and oxygen atoms in total. The number of rotatable bonds is 4. The molecule has 1 aromatic carbocycles. The minimum atomic E-state index is -0.619. The molecule has 0 amide bonds. The third-order valence-electron chi connectivity index (χ3n) is 3.59. The van der Waals surface area contributed by atoms with Crippen LogP contribution in [0.2, 0.25) is 0 Å². The summed E-state index contributed by atoms with van der Waals surface area (Å²) < 4.78 is 11.7. The highest BCUT2D eigenvalue weighted by atomic mass is 79.9. The average Bonchev–Trinajstić information content (AvgIpc) is 2.95. The molecule has 1 atom stereocenters. The fraction of sp³-hybridized carbons (Fsp3) is 0.312. The number of aliphatic hydroxyl groups is 1. The molecule has 0 spiro atoms. The summed E-state index contributed by atoms with van der Waals surface area (Å²) in [5.41, 5.74) is 2.97. The Morgan fingerprint density at radius 1 is 1.43 bits per heavy atom. The summed E-state index contributed by atoms with van der Waals surface area (Å²) in [7, 11) is 1.57. The van der Waals surface area contributed by atoms with Crippen molar-refractivity contribution in [3.8, 4) is 11.6 Å². The van der Waals surface area contributed by atoms with Gasteiger partial charge in [-0.1, -0.05) is 15.9 Å². The maximum atomic E-state index is 10.4. The topological polar surface area (TPSA) is 51.6 Å². The van der Waals surface area contributed by atoms with Crippen LogP contribution in [0.1, 0.15) is 22.8 Å². The zero-order valence-electron chi connectivity index (χ0n) is 11.7. The third kappa shape index (κ3) is 3.04. The standard InChI is InChI=1S/C16H16BrNO3/c1-20-15-3-2-11(9-18-15)14(19)8-12-7-13(17)6-10-4-5-21-16(10)12/h2-3,6-7,9,14,19H,4-5,8H2,1H3. The Balaban J connectivity index is 1.82. The maximum absolute atomic E-state index is 10.4. The summed E-state index contributed by atoms with van der Waals surface area (Å²) in [6.07, 6.45) is 2.44. The number of fused-ring (bicyclic) bond motifs is 1. The van der Waals surface area contributed by atoms with Crippen LogP contribution in [0.4, 0.5) is 0 Å². The lowest BCUT2D eigenvalue weighted by molar-refractivity contribution is 0.176. The second-order valence-corrected chi connectivity index (χ2v) is 5.92. The van der Waals surface area contributed by atoms with Crippen LogP contribution in [0.15, 0.2) is 34.9 Å². The van der Waals surface area contributed by atoms with Gasteiger partial charge in [0.15, 0.2) is 0 Å². The van der Waals surface area contributed by atoms with Crippen LogP contribution in [-0.2, 0) is 12.8 Å². The molecule has 0 saturated heterocycles. The van der Waals surface area contributed by atoms with E-state index in [0.717, 1.165) is 27.8 Å². The van der Waals surface area contributed by atoms with Crippen molar-refractivity contribution in [3.05, 3.63) is 51.6 Å². The summed E-state index contributed by atoms with van der Waals surface area (Å²) in [6, 6.07) is 7.66. The van der Waals surface area contributed by atoms with Gasteiger partial charge in [0, 0.05) is 29.6 Å². The first-order valence-electron chi connectivity index (χ1n) is 6.79. The first-order valence-corrected chi connectivity index (χ1v) is 7.59. The normalized spacial score (nSPS) is 14.4. The Morgan fingerprint density at radius 2 is 2.29 bits per heavy atom. The highest BCUT2D eigenvalue weighted by Crippen LogP contribution is 2.35. The van der Waals surface area contributed by atoms with Gasteiger partial charge < -0.3 is 14.6 Å². The van der Waals surface area contributed by atoms with Gasteiger partial charge in [0.1, 0.15) is 5.75 Å². The van der Waals surface area contributed by atoms with Gasteiger partial charge in [0.25, 0.3) is 0 Å². The van der Waals surface area contributed by atoms with E-state index in [2.05, 4.69) is 27.0 Å². The lowest BCUT2D eigenvalue weighted by Crippen LogP contribution is -2.04. The molecule has 1 aliphatic rings. The summed E-state index contributed by atoms with van der Waals surface area (Å²) in [6.45, 7) is 0.707. The largest absolute Gasteiger partial charge is 0.493 e. The van der Waals surface area contributed by atoms with Crippen molar-refractivity contribution in [1.29, 1.82) is 0 Å². The molecule has 0 bridgehead atoms. The number of nitrogens with zero attached hydrogens (tertiary/aromatic N) is 1. The third-order valence-corrected chi connectivity index (χ3v) is 4.05. The number of hydrogen-bond donors (Lipinski definition) is 1. The van der Waals surface area contributed by atoms with Crippen molar-refractivity contribution in [1.82, 2.24) is 4.98 Å². The van der Waals surface area contributed by atoms with Gasteiger partial charge in [-0.3, -0.25) is 0 Å². The molecule has 3 rings (SSSR count). The predicted molar refractivity (Wildman–Crippen MR) is 82.8 cm³/mol. The van der Waals surface area contributed by atoms with E-state index in [1.165, 1.54) is 5.56 Å². The minimum Gasteiger partial charge on any atom is -0.493 e. The fourth-order valence-electron chi connectivity index (χ4n) is 2.53. The van der Waals surface area contributed by atoms with Crippen molar-refractivity contribution in [3.63, 3.8) is 0 Å². The Kier molecular flexibility index (Phi) is 4.12. The number of aromatic nitrogens is 1. The van der Waals surface area contributed by atoms with Crippen LogP contribution in [-0.4, -0.2) is 23.8 Å². The molecular weight excluding hydrogens is 334 g/mol. The van der Waals surface area contributed by atoms with Crippen molar-refractivity contribution in [2.75, 3.05) is 13.7 Å². The van der Waals surface area contributed by atoms with Gasteiger partial charge in [-0.15, -0.1) is 0 Å². The highest BCUT2D eigenvalue weighted by molar-refractivity contribution is 9.10. The number of halogens is 1. The van der Waals surface area contributed by atoms with Crippen molar-refractivity contribution in [2.24, 2.45) is 0 Å². The van der Waals surface area contributed by atoms with E-state index in [4.69, 9.17) is 9.47 Å². The molecule has 1 unspecified atom stereocenters. The van der Waals surface area contributed by atoms with Crippen molar-refractivity contribution < 1.29 is 14.6 Å². The molecule has 0 fully saturated rings. The second kappa shape index (κ2) is 6.03. The molecule has 1 N–H and O–H groups in total. The van der Waals surface area contributed by atoms with E-state index < -0.39 is 6.10 Å². The van der Waals surface area contributed by atoms with Gasteiger partial charge in [0.2, 0.25) is 5.88 Å². The number of aliphatic hydroxyl groups excluding tert-OH is 1. The molecule has 5 heteroatoms. The molecule has 2 aromatic rings. The second-order valence-electron chi connectivity index (χ2n) is 5.01. The zero-order valence-corrected chi connectivity index (χ0v) is 13.3. The van der Waals surface area contributed by atoms with Crippen LogP contribution >= 0.6 is 15.9 Å². The Labute approximate surface area is 131 Å². The molecule has 1 aliphatic heterocycles. The number of hydrogen-bond acceptors (Lipinski definition) is 4. The maximum Gasteiger partial charge on any atom is 0.212 e. The summed E-state index contributed by atoms with van der Waals surface area (Å²) in [5, 5.41) is 10.4. The Bertz CT molecular complexity index is 643. The molecule has 110 valence electrons. The zero-order chi connectivity index (χ0) is 14.8. The molecular formula is C16H16BrNO3. The molecule has 0 saturated carbocycles. The molecule has 21 heavy (non-hydrogen) atoms. The van der Waals surface area contributed by atoms with E-state index in [0.29, 0.717) is 18.9 Å². The Hall–Kier alpha value is -1.59. The van der Waals surface area contributed by atoms with E-state index >= 15 is 0 Å². The molecule has 2 heterocycles. The number of benzene rings is 1. The first kappa shape index (κ1) is 14.4. The van der Waals surface area contributed by atoms with Crippen LogP contribution in [0.3, 0.4) is 0 Å². The van der Waals surface area contributed by atoms with E-state index in [9.17, 15) is 5.11 Å². The monoisotopic (exact) mass is 349 g/mol. The summed E-state index contributed by atoms with van der Waals surface area (Å²) in [4.78, 5) is 4.13. The lowest BCUT2D eigenvalue weighted by atomic mass is 10.00. The van der Waals surface area contributed by atoms with Crippen LogP contribution in [0.5, 0.6) is 11.6 Å². The van der Waals surface area contributed by atoms with Crippen LogP contribution in [0, 0.1) is 0 Å². The number of pyridine rings is 1. The average molecular weight is 350 g/mol. The lowest BCUT2D eigenvalue weighted by Gasteiger charge is -2.14. The van der Waals surface area contributed by atoms with Gasteiger partial charge >= 0.3 is 0 Å². The smallest absolute Gasteiger partial charge is 0.212 e.